The molecule has 1 aromatic heterocycles. The van der Waals surface area contributed by atoms with Crippen LogP contribution >= 0.6 is 0 Å². The number of aryl methyl sites for hydroxylation is 1. The summed E-state index contributed by atoms with van der Waals surface area (Å²) in [6.07, 6.45) is -10.0. The number of nitrogens with one attached hydrogen (secondary N) is 2. The number of carbonyl (C=O) groups is 1. The second-order valence-corrected chi connectivity index (χ2v) is 7.16. The molecule has 11 heteroatoms. The maximum Gasteiger partial charge on any atom is 0.416 e. The van der Waals surface area contributed by atoms with Gasteiger partial charge in [0.25, 0.3) is 0 Å². The van der Waals surface area contributed by atoms with Gasteiger partial charge in [0.1, 0.15) is 5.82 Å². The number of nitrogens with zero attached hydrogens (tertiary/aromatic N) is 2. The van der Waals surface area contributed by atoms with E-state index in [2.05, 4.69) is 10.4 Å². The van der Waals surface area contributed by atoms with E-state index in [1.54, 1.807) is 6.07 Å². The van der Waals surface area contributed by atoms with Gasteiger partial charge in [-0.15, -0.1) is 0 Å². The molecule has 2 amide bonds. The van der Waals surface area contributed by atoms with Crippen molar-refractivity contribution in [3.63, 3.8) is 0 Å². The van der Waals surface area contributed by atoms with Crippen LogP contribution in [-0.4, -0.2) is 15.8 Å². The molecule has 0 bridgehead atoms. The first-order valence-electron chi connectivity index (χ1n) is 7.99. The number of hydrogen-bond donors (Lipinski definition) is 2. The highest BCUT2D eigenvalue weighted by atomic mass is 19.4. The van der Waals surface area contributed by atoms with Gasteiger partial charge in [0.2, 0.25) is 0 Å². The van der Waals surface area contributed by atoms with Crippen molar-refractivity contribution in [3.05, 3.63) is 41.1 Å². The third kappa shape index (κ3) is 5.17. The Morgan fingerprint density at radius 2 is 1.39 bits per heavy atom. The summed E-state index contributed by atoms with van der Waals surface area (Å²) in [5, 5.41) is 8.57. The Hall–Kier alpha value is -2.72. The molecular formula is C17H18F6N4O. The molecule has 2 N–H and O–H groups in total. The zero-order valence-electron chi connectivity index (χ0n) is 15.4. The summed E-state index contributed by atoms with van der Waals surface area (Å²) < 4.78 is 78.6. The third-order valence-electron chi connectivity index (χ3n) is 3.74. The summed E-state index contributed by atoms with van der Waals surface area (Å²) in [6, 6.07) is 1.40. The van der Waals surface area contributed by atoms with E-state index in [-0.39, 0.29) is 17.3 Å². The van der Waals surface area contributed by atoms with Crippen molar-refractivity contribution in [1.29, 1.82) is 0 Å². The molecule has 0 saturated heterocycles. The number of anilines is 2. The molecule has 0 saturated carbocycles. The minimum atomic E-state index is -5.00. The normalized spacial score (nSPS) is 12.8. The highest BCUT2D eigenvalue weighted by Crippen LogP contribution is 2.37. The van der Waals surface area contributed by atoms with Crippen LogP contribution in [0.15, 0.2) is 24.3 Å². The van der Waals surface area contributed by atoms with Gasteiger partial charge >= 0.3 is 18.4 Å². The Kier molecular flexibility index (Phi) is 5.41. The van der Waals surface area contributed by atoms with Crippen LogP contribution < -0.4 is 10.6 Å². The molecular weight excluding hydrogens is 390 g/mol. The maximum absolute atomic E-state index is 12.9. The molecule has 0 aliphatic heterocycles. The number of carbonyl (C=O) groups excluding carboxylic acids is 1. The van der Waals surface area contributed by atoms with Gasteiger partial charge in [-0.25, -0.2) is 4.79 Å². The Labute approximate surface area is 156 Å². The molecule has 0 radical (unpaired) electrons. The zero-order valence-corrected chi connectivity index (χ0v) is 15.4. The van der Waals surface area contributed by atoms with Crippen LogP contribution in [0.3, 0.4) is 0 Å². The van der Waals surface area contributed by atoms with Gasteiger partial charge in [-0.3, -0.25) is 10.00 Å². The summed E-state index contributed by atoms with van der Waals surface area (Å²) in [5.41, 5.74) is -3.36. The Balaban J connectivity index is 2.28. The number of hydrogen-bond acceptors (Lipinski definition) is 2. The topological polar surface area (TPSA) is 59.0 Å². The van der Waals surface area contributed by atoms with E-state index in [0.717, 1.165) is 0 Å². The summed E-state index contributed by atoms with van der Waals surface area (Å²) in [6.45, 7) is 5.67. The van der Waals surface area contributed by atoms with Crippen LogP contribution in [0, 0.1) is 0 Å². The van der Waals surface area contributed by atoms with Crippen LogP contribution in [0.5, 0.6) is 0 Å². The summed E-state index contributed by atoms with van der Waals surface area (Å²) in [5.74, 6) is 0.227. The van der Waals surface area contributed by atoms with Crippen LogP contribution in [0.2, 0.25) is 0 Å². The summed E-state index contributed by atoms with van der Waals surface area (Å²) >= 11 is 0. The highest BCUT2D eigenvalue weighted by molar-refractivity contribution is 5.99. The standard InChI is InChI=1S/C17H18F6N4O/c1-15(2,3)12-8-13(27(4)26-12)25-14(28)24-11-6-9(16(18,19)20)5-10(7-11)17(21,22)23/h5-8H,1-4H3,(H2,24,25,28). The first-order valence-corrected chi connectivity index (χ1v) is 7.99. The van der Waals surface area contributed by atoms with Crippen molar-refractivity contribution >= 4 is 17.5 Å². The molecule has 2 rings (SSSR count). The number of amides is 2. The van der Waals surface area contributed by atoms with E-state index >= 15 is 0 Å². The fraction of sp³-hybridized carbons (Fsp3) is 0.412. The molecule has 1 aromatic carbocycles. The lowest BCUT2D eigenvalue weighted by Crippen LogP contribution is -2.22. The predicted octanol–water partition coefficient (Wildman–Crippen LogP) is 5.40. The molecule has 28 heavy (non-hydrogen) atoms. The van der Waals surface area contributed by atoms with Crippen LogP contribution in [0.25, 0.3) is 0 Å². The van der Waals surface area contributed by atoms with Crippen molar-refractivity contribution < 1.29 is 31.1 Å². The Morgan fingerprint density at radius 1 is 0.893 bits per heavy atom. The first kappa shape index (κ1) is 21.6. The molecule has 5 nitrogen and oxygen atoms in total. The number of rotatable bonds is 2. The molecule has 2 aromatic rings. The van der Waals surface area contributed by atoms with Gasteiger partial charge < -0.3 is 5.32 Å². The number of halogens is 6. The molecule has 0 fully saturated rings. The molecule has 0 atom stereocenters. The van der Waals surface area contributed by atoms with E-state index in [4.69, 9.17) is 0 Å². The van der Waals surface area contributed by atoms with Crippen molar-refractivity contribution in [2.75, 3.05) is 10.6 Å². The van der Waals surface area contributed by atoms with E-state index in [1.807, 2.05) is 26.1 Å². The molecule has 0 aliphatic rings. The van der Waals surface area contributed by atoms with E-state index < -0.39 is 35.2 Å². The fourth-order valence-corrected chi connectivity index (χ4v) is 2.26. The van der Waals surface area contributed by atoms with Gasteiger partial charge in [0, 0.05) is 24.2 Å². The monoisotopic (exact) mass is 408 g/mol. The lowest BCUT2D eigenvalue weighted by atomic mass is 9.92. The van der Waals surface area contributed by atoms with Gasteiger partial charge in [-0.05, 0) is 18.2 Å². The zero-order chi connectivity index (χ0) is 21.5. The van der Waals surface area contributed by atoms with Crippen molar-refractivity contribution in [1.82, 2.24) is 9.78 Å². The minimum Gasteiger partial charge on any atom is -0.308 e. The Morgan fingerprint density at radius 3 is 1.79 bits per heavy atom. The lowest BCUT2D eigenvalue weighted by molar-refractivity contribution is -0.143. The van der Waals surface area contributed by atoms with Crippen molar-refractivity contribution in [2.45, 2.75) is 38.5 Å². The molecule has 0 unspecified atom stereocenters. The van der Waals surface area contributed by atoms with E-state index in [9.17, 15) is 31.1 Å². The summed E-state index contributed by atoms with van der Waals surface area (Å²) in [7, 11) is 1.54. The summed E-state index contributed by atoms with van der Waals surface area (Å²) in [4.78, 5) is 12.1. The second-order valence-electron chi connectivity index (χ2n) is 7.16. The predicted molar refractivity (Wildman–Crippen MR) is 91.0 cm³/mol. The van der Waals surface area contributed by atoms with Crippen LogP contribution in [-0.2, 0) is 24.8 Å². The van der Waals surface area contributed by atoms with Crippen molar-refractivity contribution in [2.24, 2.45) is 7.05 Å². The number of alkyl halides is 6. The molecule has 154 valence electrons. The average Bonchev–Trinajstić information content (AvgIpc) is 2.86. The SMILES string of the molecule is Cn1nc(C(C)(C)C)cc1NC(=O)Nc1cc(C(F)(F)F)cc(C(F)(F)F)c1. The maximum atomic E-state index is 12.9. The lowest BCUT2D eigenvalue weighted by Gasteiger charge is -2.15. The van der Waals surface area contributed by atoms with Crippen LogP contribution in [0.1, 0.15) is 37.6 Å². The second kappa shape index (κ2) is 7.02. The van der Waals surface area contributed by atoms with Gasteiger partial charge in [0.05, 0.1) is 16.8 Å². The fourth-order valence-electron chi connectivity index (χ4n) is 2.26. The molecule has 0 aliphatic carbocycles. The van der Waals surface area contributed by atoms with Gasteiger partial charge in [0.15, 0.2) is 0 Å². The first-order chi connectivity index (χ1) is 12.6. The van der Waals surface area contributed by atoms with Gasteiger partial charge in [-0.2, -0.15) is 31.4 Å². The largest absolute Gasteiger partial charge is 0.416 e. The van der Waals surface area contributed by atoms with Crippen LogP contribution in [0.4, 0.5) is 42.6 Å². The number of aromatic nitrogens is 2. The minimum absolute atomic E-state index is 0.0141. The van der Waals surface area contributed by atoms with E-state index in [1.165, 1.54) is 11.7 Å². The van der Waals surface area contributed by atoms with Gasteiger partial charge in [-0.1, -0.05) is 20.8 Å². The third-order valence-corrected chi connectivity index (χ3v) is 3.74. The number of urea groups is 1. The number of benzene rings is 1. The molecule has 1 heterocycles. The van der Waals surface area contributed by atoms with E-state index in [0.29, 0.717) is 17.8 Å². The Bertz CT molecular complexity index is 845. The highest BCUT2D eigenvalue weighted by Gasteiger charge is 2.37. The van der Waals surface area contributed by atoms with Crippen molar-refractivity contribution in [3.8, 4) is 0 Å². The average molecular weight is 408 g/mol. The quantitative estimate of drug-likeness (QED) is 0.654. The smallest absolute Gasteiger partial charge is 0.308 e. The molecule has 0 spiro atoms.